The van der Waals surface area contributed by atoms with Gasteiger partial charge in [-0.1, -0.05) is 6.07 Å². The second-order valence-corrected chi connectivity index (χ2v) is 6.12. The van der Waals surface area contributed by atoms with E-state index >= 15 is 0 Å². The van der Waals surface area contributed by atoms with E-state index < -0.39 is 0 Å². The van der Waals surface area contributed by atoms with E-state index in [2.05, 4.69) is 32.0 Å². The normalized spacial score (nSPS) is 11.2. The summed E-state index contributed by atoms with van der Waals surface area (Å²) in [5.74, 6) is 2.52. The van der Waals surface area contributed by atoms with Crippen molar-refractivity contribution in [2.45, 2.75) is 13.0 Å². The van der Waals surface area contributed by atoms with Crippen LogP contribution in [0, 0.1) is 0 Å². The number of benzene rings is 1. The number of methoxy groups -OCH3 is 1. The molecule has 24 heavy (non-hydrogen) atoms. The van der Waals surface area contributed by atoms with Crippen LogP contribution in [0.3, 0.4) is 0 Å². The van der Waals surface area contributed by atoms with Gasteiger partial charge >= 0.3 is 0 Å². The summed E-state index contributed by atoms with van der Waals surface area (Å²) in [5.41, 5.74) is 1.30. The van der Waals surface area contributed by atoms with Gasteiger partial charge in [-0.15, -0.1) is 0 Å². The quantitative estimate of drug-likeness (QED) is 0.452. The molecule has 0 unspecified atom stereocenters. The molecule has 0 aliphatic carbocycles. The van der Waals surface area contributed by atoms with Gasteiger partial charge in [0.1, 0.15) is 11.5 Å². The zero-order chi connectivity index (χ0) is 17.2. The summed E-state index contributed by atoms with van der Waals surface area (Å²) in [5, 5.41) is 7.62. The highest BCUT2D eigenvalue weighted by Crippen LogP contribution is 2.18. The second-order valence-electron chi connectivity index (χ2n) is 5.34. The van der Waals surface area contributed by atoms with Gasteiger partial charge in [0, 0.05) is 33.3 Å². The van der Waals surface area contributed by atoms with Crippen LogP contribution in [-0.2, 0) is 6.54 Å². The van der Waals surface area contributed by atoms with Crippen molar-refractivity contribution in [3.63, 3.8) is 0 Å². The highest BCUT2D eigenvalue weighted by molar-refractivity contribution is 7.07. The van der Waals surface area contributed by atoms with Gasteiger partial charge in [0.05, 0.1) is 13.7 Å². The molecule has 1 aromatic carbocycles. The molecule has 5 nitrogen and oxygen atoms in total. The molecule has 0 bridgehead atoms. The molecule has 0 aliphatic heterocycles. The first-order valence-electron chi connectivity index (χ1n) is 7.92. The fourth-order valence-corrected chi connectivity index (χ4v) is 2.93. The SMILES string of the molecule is CN=C(NCCCOc1cccc(OC)c1)N(C)Cc1ccsc1. The molecule has 1 heterocycles. The summed E-state index contributed by atoms with van der Waals surface area (Å²) in [6, 6.07) is 9.79. The number of aliphatic imine (C=N–C) groups is 1. The Morgan fingerprint density at radius 2 is 2.12 bits per heavy atom. The van der Waals surface area contributed by atoms with Crippen molar-refractivity contribution in [1.29, 1.82) is 0 Å². The van der Waals surface area contributed by atoms with Gasteiger partial charge in [-0.05, 0) is 40.9 Å². The van der Waals surface area contributed by atoms with Crippen molar-refractivity contribution >= 4 is 17.3 Å². The third kappa shape index (κ3) is 5.77. The fourth-order valence-electron chi connectivity index (χ4n) is 2.27. The number of hydrogen-bond donors (Lipinski definition) is 1. The predicted octanol–water partition coefficient (Wildman–Crippen LogP) is 3.23. The first-order chi connectivity index (χ1) is 11.7. The maximum absolute atomic E-state index is 5.74. The Balaban J connectivity index is 1.68. The third-order valence-electron chi connectivity index (χ3n) is 3.49. The van der Waals surface area contributed by atoms with Crippen LogP contribution in [0.5, 0.6) is 11.5 Å². The first-order valence-corrected chi connectivity index (χ1v) is 8.87. The molecule has 0 aliphatic rings. The van der Waals surface area contributed by atoms with E-state index in [-0.39, 0.29) is 0 Å². The van der Waals surface area contributed by atoms with E-state index in [9.17, 15) is 0 Å². The average molecular weight is 347 g/mol. The second kappa shape index (κ2) is 9.82. The molecule has 0 atom stereocenters. The highest BCUT2D eigenvalue weighted by Gasteiger charge is 2.06. The lowest BCUT2D eigenvalue weighted by Crippen LogP contribution is -2.39. The summed E-state index contributed by atoms with van der Waals surface area (Å²) < 4.78 is 10.9. The number of thiophene rings is 1. The molecule has 130 valence electrons. The topological polar surface area (TPSA) is 46.1 Å². The number of guanidine groups is 1. The third-order valence-corrected chi connectivity index (χ3v) is 4.22. The lowest BCUT2D eigenvalue weighted by Gasteiger charge is -2.21. The molecular formula is C18H25N3O2S. The Morgan fingerprint density at radius 1 is 1.29 bits per heavy atom. The lowest BCUT2D eigenvalue weighted by molar-refractivity contribution is 0.307. The smallest absolute Gasteiger partial charge is 0.193 e. The lowest BCUT2D eigenvalue weighted by atomic mass is 10.3. The average Bonchev–Trinajstić information content (AvgIpc) is 3.11. The number of nitrogens with zero attached hydrogens (tertiary/aromatic N) is 2. The maximum Gasteiger partial charge on any atom is 0.193 e. The maximum atomic E-state index is 5.74. The molecule has 0 radical (unpaired) electrons. The van der Waals surface area contributed by atoms with Crippen molar-refractivity contribution in [3.8, 4) is 11.5 Å². The zero-order valence-electron chi connectivity index (χ0n) is 14.5. The minimum absolute atomic E-state index is 0.644. The van der Waals surface area contributed by atoms with Gasteiger partial charge < -0.3 is 19.7 Å². The zero-order valence-corrected chi connectivity index (χ0v) is 15.3. The molecule has 0 saturated carbocycles. The molecule has 0 spiro atoms. The van der Waals surface area contributed by atoms with E-state index in [4.69, 9.17) is 9.47 Å². The summed E-state index contributed by atoms with van der Waals surface area (Å²) in [4.78, 5) is 6.44. The van der Waals surface area contributed by atoms with Crippen molar-refractivity contribution < 1.29 is 9.47 Å². The minimum atomic E-state index is 0.644. The van der Waals surface area contributed by atoms with Crippen LogP contribution in [0.15, 0.2) is 46.1 Å². The van der Waals surface area contributed by atoms with Crippen LogP contribution in [0.2, 0.25) is 0 Å². The van der Waals surface area contributed by atoms with Crippen molar-refractivity contribution in [1.82, 2.24) is 10.2 Å². The number of rotatable bonds is 8. The van der Waals surface area contributed by atoms with E-state index in [1.54, 1.807) is 25.5 Å². The summed E-state index contributed by atoms with van der Waals surface area (Å²) in [6.07, 6.45) is 0.891. The Kier molecular flexibility index (Phi) is 7.42. The Morgan fingerprint density at radius 3 is 2.83 bits per heavy atom. The standard InChI is InChI=1S/C18H25N3O2S/c1-19-18(21(2)13-15-8-11-24-14-15)20-9-5-10-23-17-7-4-6-16(12-17)22-3/h4,6-8,11-12,14H,5,9-10,13H2,1-3H3,(H,19,20). The van der Waals surface area contributed by atoms with Crippen LogP contribution in [-0.4, -0.2) is 45.2 Å². The van der Waals surface area contributed by atoms with Gasteiger partial charge in [0.2, 0.25) is 0 Å². The number of nitrogens with one attached hydrogen (secondary N) is 1. The van der Waals surface area contributed by atoms with Crippen molar-refractivity contribution in [2.75, 3.05) is 34.4 Å². The van der Waals surface area contributed by atoms with Crippen LogP contribution in [0.1, 0.15) is 12.0 Å². The summed E-state index contributed by atoms with van der Waals surface area (Å²) >= 11 is 1.71. The Bertz CT molecular complexity index is 629. The molecule has 2 aromatic rings. The number of ether oxygens (including phenoxy) is 2. The molecule has 1 N–H and O–H groups in total. The van der Waals surface area contributed by atoms with E-state index in [0.717, 1.165) is 37.0 Å². The van der Waals surface area contributed by atoms with Gasteiger partial charge in [0.25, 0.3) is 0 Å². The van der Waals surface area contributed by atoms with Crippen LogP contribution in [0.25, 0.3) is 0 Å². The molecule has 1 aromatic heterocycles. The van der Waals surface area contributed by atoms with Gasteiger partial charge in [-0.3, -0.25) is 4.99 Å². The number of hydrogen-bond acceptors (Lipinski definition) is 4. The molecular weight excluding hydrogens is 322 g/mol. The molecule has 2 rings (SSSR count). The van der Waals surface area contributed by atoms with Crippen LogP contribution >= 0.6 is 11.3 Å². The molecule has 0 saturated heterocycles. The van der Waals surface area contributed by atoms with Crippen molar-refractivity contribution in [2.24, 2.45) is 4.99 Å². The highest BCUT2D eigenvalue weighted by atomic mass is 32.1. The van der Waals surface area contributed by atoms with Crippen molar-refractivity contribution in [3.05, 3.63) is 46.7 Å². The molecule has 0 fully saturated rings. The molecule has 6 heteroatoms. The fraction of sp³-hybridized carbons (Fsp3) is 0.389. The summed E-state index contributed by atoms with van der Waals surface area (Å²) in [7, 11) is 5.50. The minimum Gasteiger partial charge on any atom is -0.497 e. The van der Waals surface area contributed by atoms with E-state index in [1.165, 1.54) is 5.56 Å². The van der Waals surface area contributed by atoms with E-state index in [0.29, 0.717) is 6.61 Å². The van der Waals surface area contributed by atoms with Crippen LogP contribution < -0.4 is 14.8 Å². The summed E-state index contributed by atoms with van der Waals surface area (Å²) in [6.45, 7) is 2.31. The van der Waals surface area contributed by atoms with Gasteiger partial charge in [0.15, 0.2) is 5.96 Å². The molecule has 0 amide bonds. The van der Waals surface area contributed by atoms with Gasteiger partial charge in [-0.25, -0.2) is 0 Å². The first kappa shape index (κ1) is 18.1. The van der Waals surface area contributed by atoms with E-state index in [1.807, 2.05) is 31.3 Å². The van der Waals surface area contributed by atoms with Gasteiger partial charge in [-0.2, -0.15) is 11.3 Å². The monoisotopic (exact) mass is 347 g/mol. The predicted molar refractivity (Wildman–Crippen MR) is 100 cm³/mol. The Hall–Kier alpha value is -2.21. The largest absolute Gasteiger partial charge is 0.497 e. The Labute approximate surface area is 147 Å². The van der Waals surface area contributed by atoms with Crippen LogP contribution in [0.4, 0.5) is 0 Å².